The first-order valence-electron chi connectivity index (χ1n) is 10.1. The lowest BCUT2D eigenvalue weighted by atomic mass is 10.2. The number of benzene rings is 1. The number of nitrogens with two attached hydrogens (primary N) is 1. The maximum absolute atomic E-state index is 5.83. The summed E-state index contributed by atoms with van der Waals surface area (Å²) in [4.78, 5) is 5.08. The second-order valence-electron chi connectivity index (χ2n) is 7.40. The van der Waals surface area contributed by atoms with E-state index in [1.54, 1.807) is 0 Å². The molecule has 1 fully saturated rings. The van der Waals surface area contributed by atoms with Gasteiger partial charge < -0.3 is 16.0 Å². The summed E-state index contributed by atoms with van der Waals surface area (Å²) >= 11 is 0. The molecule has 2 aromatic rings. The Balaban J connectivity index is 1.62. The topological polar surface area (TPSA) is 53.3 Å². The van der Waals surface area contributed by atoms with Crippen LogP contribution in [0.4, 0.5) is 17.2 Å². The molecule has 6 nitrogen and oxygen atoms in total. The molecule has 1 aliphatic heterocycles. The summed E-state index contributed by atoms with van der Waals surface area (Å²) in [5, 5.41) is 3.40. The summed E-state index contributed by atoms with van der Waals surface area (Å²) in [6, 6.07) is 8.27. The van der Waals surface area contributed by atoms with Crippen LogP contribution in [0.1, 0.15) is 24.9 Å². The molecular weight excluding hydrogens is 336 g/mol. The maximum Gasteiger partial charge on any atom is 0.256 e. The first kappa shape index (κ1) is 19.5. The zero-order chi connectivity index (χ0) is 19.4. The molecule has 0 spiro atoms. The summed E-state index contributed by atoms with van der Waals surface area (Å²) in [6.45, 7) is 14.2. The number of nitrogens with one attached hydrogen (secondary N) is 1. The SMILES string of the molecule is CCn1c(C)c(NC)[n+](CCN2CCCN(c3ccc(N)cc3)CC2)c1C. The third kappa shape index (κ3) is 4.21. The molecule has 0 atom stereocenters. The van der Waals surface area contributed by atoms with E-state index in [1.165, 1.54) is 29.4 Å². The summed E-state index contributed by atoms with van der Waals surface area (Å²) in [5.41, 5.74) is 9.26. The van der Waals surface area contributed by atoms with Gasteiger partial charge in [-0.15, -0.1) is 0 Å². The molecule has 148 valence electrons. The van der Waals surface area contributed by atoms with Crippen LogP contribution in [-0.4, -0.2) is 49.2 Å². The summed E-state index contributed by atoms with van der Waals surface area (Å²) in [7, 11) is 2.02. The largest absolute Gasteiger partial charge is 0.399 e. The minimum absolute atomic E-state index is 0.831. The van der Waals surface area contributed by atoms with E-state index in [2.05, 4.69) is 57.2 Å². The van der Waals surface area contributed by atoms with Gasteiger partial charge in [0.05, 0.1) is 13.1 Å². The van der Waals surface area contributed by atoms with E-state index in [1.807, 2.05) is 19.2 Å². The highest BCUT2D eigenvalue weighted by atomic mass is 15.3. The standard InChI is InChI=1S/C21H35N6/c1-5-26-17(2)21(23-4)27(18(26)3)16-14-24-11-6-12-25(15-13-24)20-9-7-19(22)8-10-20/h7-10,23H,5-6,11-16,22H2,1-4H3/q+1. The van der Waals surface area contributed by atoms with Gasteiger partial charge in [-0.2, -0.15) is 0 Å². The van der Waals surface area contributed by atoms with Crippen LogP contribution in [0.15, 0.2) is 24.3 Å². The Bertz CT molecular complexity index is 749. The van der Waals surface area contributed by atoms with E-state index in [-0.39, 0.29) is 0 Å². The lowest BCUT2D eigenvalue weighted by Crippen LogP contribution is -2.44. The Morgan fingerprint density at radius 1 is 1.07 bits per heavy atom. The van der Waals surface area contributed by atoms with Crippen molar-refractivity contribution >= 4 is 17.2 Å². The predicted molar refractivity (Wildman–Crippen MR) is 113 cm³/mol. The Labute approximate surface area is 163 Å². The number of aromatic nitrogens is 2. The molecule has 0 radical (unpaired) electrons. The first-order chi connectivity index (χ1) is 13.0. The van der Waals surface area contributed by atoms with E-state index in [9.17, 15) is 0 Å². The van der Waals surface area contributed by atoms with Gasteiger partial charge in [-0.05, 0) is 44.5 Å². The number of hydrogen-bond acceptors (Lipinski definition) is 4. The molecule has 0 aliphatic carbocycles. The van der Waals surface area contributed by atoms with E-state index in [0.717, 1.165) is 51.5 Å². The van der Waals surface area contributed by atoms with Gasteiger partial charge in [0.25, 0.3) is 5.82 Å². The molecule has 6 heteroatoms. The Kier molecular flexibility index (Phi) is 6.26. The van der Waals surface area contributed by atoms with E-state index in [4.69, 9.17) is 5.73 Å². The minimum Gasteiger partial charge on any atom is -0.399 e. The molecule has 0 bridgehead atoms. The number of imidazole rings is 1. The van der Waals surface area contributed by atoms with Gasteiger partial charge in [0, 0.05) is 58.1 Å². The van der Waals surface area contributed by atoms with Crippen molar-refractivity contribution in [1.29, 1.82) is 0 Å². The number of rotatable bonds is 6. The van der Waals surface area contributed by atoms with E-state index >= 15 is 0 Å². The van der Waals surface area contributed by atoms with Crippen LogP contribution in [0, 0.1) is 13.8 Å². The van der Waals surface area contributed by atoms with Crippen molar-refractivity contribution in [2.24, 2.45) is 0 Å². The number of nitrogens with zero attached hydrogens (tertiary/aromatic N) is 4. The van der Waals surface area contributed by atoms with Gasteiger partial charge in [-0.25, -0.2) is 4.57 Å². The minimum atomic E-state index is 0.831. The third-order valence-corrected chi connectivity index (χ3v) is 5.84. The van der Waals surface area contributed by atoms with E-state index < -0.39 is 0 Å². The normalized spacial score (nSPS) is 15.8. The highest BCUT2D eigenvalue weighted by Gasteiger charge is 2.23. The summed E-state index contributed by atoms with van der Waals surface area (Å²) in [6.07, 6.45) is 1.20. The average Bonchev–Trinajstić information content (AvgIpc) is 2.82. The zero-order valence-corrected chi connectivity index (χ0v) is 17.3. The van der Waals surface area contributed by atoms with E-state index in [0.29, 0.717) is 0 Å². The molecule has 3 N–H and O–H groups in total. The van der Waals surface area contributed by atoms with Crippen molar-refractivity contribution in [2.75, 3.05) is 55.7 Å². The molecule has 0 saturated carbocycles. The van der Waals surface area contributed by atoms with Crippen LogP contribution in [0.2, 0.25) is 0 Å². The fourth-order valence-electron chi connectivity index (χ4n) is 4.31. The van der Waals surface area contributed by atoms with Crippen molar-refractivity contribution in [3.05, 3.63) is 35.8 Å². The Hall–Kier alpha value is -2.21. The van der Waals surface area contributed by atoms with Gasteiger partial charge in [0.1, 0.15) is 5.69 Å². The molecular formula is C21H35N6+. The molecule has 0 unspecified atom stereocenters. The van der Waals surface area contributed by atoms with Crippen LogP contribution in [0.25, 0.3) is 0 Å². The predicted octanol–water partition coefficient (Wildman–Crippen LogP) is 2.25. The molecule has 1 aliphatic rings. The second-order valence-corrected chi connectivity index (χ2v) is 7.40. The van der Waals surface area contributed by atoms with Crippen LogP contribution in [-0.2, 0) is 13.1 Å². The molecule has 1 aromatic carbocycles. The van der Waals surface area contributed by atoms with Crippen molar-refractivity contribution in [3.8, 4) is 0 Å². The van der Waals surface area contributed by atoms with Crippen LogP contribution >= 0.6 is 0 Å². The van der Waals surface area contributed by atoms with Crippen molar-refractivity contribution in [2.45, 2.75) is 40.3 Å². The Morgan fingerprint density at radius 3 is 2.48 bits per heavy atom. The highest BCUT2D eigenvalue weighted by Crippen LogP contribution is 2.18. The lowest BCUT2D eigenvalue weighted by molar-refractivity contribution is -0.688. The molecule has 2 heterocycles. The molecule has 1 saturated heterocycles. The quantitative estimate of drug-likeness (QED) is 0.604. The third-order valence-electron chi connectivity index (χ3n) is 5.84. The van der Waals surface area contributed by atoms with Crippen LogP contribution in [0.5, 0.6) is 0 Å². The number of anilines is 3. The van der Waals surface area contributed by atoms with Crippen LogP contribution in [0.3, 0.4) is 0 Å². The first-order valence-corrected chi connectivity index (χ1v) is 10.1. The fraction of sp³-hybridized carbons (Fsp3) is 0.571. The van der Waals surface area contributed by atoms with Crippen LogP contribution < -0.4 is 20.5 Å². The monoisotopic (exact) mass is 371 g/mol. The second kappa shape index (κ2) is 8.65. The van der Waals surface area contributed by atoms with Crippen molar-refractivity contribution < 1.29 is 4.57 Å². The highest BCUT2D eigenvalue weighted by molar-refractivity contribution is 5.53. The van der Waals surface area contributed by atoms with Gasteiger partial charge >= 0.3 is 0 Å². The molecule has 3 rings (SSSR count). The van der Waals surface area contributed by atoms with Gasteiger partial charge in [-0.1, -0.05) is 0 Å². The lowest BCUT2D eigenvalue weighted by Gasteiger charge is -2.23. The molecule has 27 heavy (non-hydrogen) atoms. The maximum atomic E-state index is 5.83. The summed E-state index contributed by atoms with van der Waals surface area (Å²) in [5.74, 6) is 2.57. The smallest absolute Gasteiger partial charge is 0.256 e. The molecule has 1 aromatic heterocycles. The number of nitrogen functional groups attached to an aromatic ring is 1. The van der Waals surface area contributed by atoms with Gasteiger partial charge in [0.15, 0.2) is 0 Å². The Morgan fingerprint density at radius 2 is 1.81 bits per heavy atom. The zero-order valence-electron chi connectivity index (χ0n) is 17.3. The fourth-order valence-corrected chi connectivity index (χ4v) is 4.31. The van der Waals surface area contributed by atoms with Crippen molar-refractivity contribution in [3.63, 3.8) is 0 Å². The van der Waals surface area contributed by atoms with Gasteiger partial charge in [0.2, 0.25) is 5.82 Å². The van der Waals surface area contributed by atoms with Gasteiger partial charge in [-0.3, -0.25) is 9.47 Å². The molecule has 0 amide bonds. The summed E-state index contributed by atoms with van der Waals surface area (Å²) < 4.78 is 4.82. The van der Waals surface area contributed by atoms with Crippen molar-refractivity contribution in [1.82, 2.24) is 9.47 Å². The average molecular weight is 372 g/mol. The number of hydrogen-bond donors (Lipinski definition) is 2.